The van der Waals surface area contributed by atoms with Crippen molar-refractivity contribution < 1.29 is 24.3 Å². The summed E-state index contributed by atoms with van der Waals surface area (Å²) in [6.07, 6.45) is 5.15. The second-order valence-corrected chi connectivity index (χ2v) is 10.7. The number of amides is 2. The standard InChI is InChI=1S/C19H19N9O5S3/c20-18-21-10(7-35-18)11(25-33-9-3-1-2-4-9)14(29)22-12-15(30)28-13(17(31)32)8(5-34-16(12)28)6-36-19-23-26-27-24-19/h1,3,7,9,12,16H,2,4-6H2,(H2,20,21)(H,22,29)(H,31,32)(H,23,24,26,27)/b25-11-/t9?,12?,16-/m1/s1. The maximum atomic E-state index is 13.1. The van der Waals surface area contributed by atoms with Crippen molar-refractivity contribution in [3.8, 4) is 0 Å². The molecule has 2 aromatic rings. The molecule has 0 radical (unpaired) electrons. The van der Waals surface area contributed by atoms with Crippen LogP contribution in [0.2, 0.25) is 0 Å². The number of H-pyrrole nitrogens is 1. The smallest absolute Gasteiger partial charge is 0.352 e. The molecule has 17 heteroatoms. The van der Waals surface area contributed by atoms with Gasteiger partial charge in [0.1, 0.15) is 28.9 Å². The Hall–Kier alpha value is -3.44. The monoisotopic (exact) mass is 549 g/mol. The average Bonchev–Trinajstić information content (AvgIpc) is 3.64. The van der Waals surface area contributed by atoms with E-state index in [9.17, 15) is 19.5 Å². The van der Waals surface area contributed by atoms with Crippen molar-refractivity contribution in [3.05, 3.63) is 34.5 Å². The van der Waals surface area contributed by atoms with Crippen molar-refractivity contribution in [1.82, 2.24) is 35.8 Å². The normalized spacial score (nSPS) is 23.4. The predicted octanol–water partition coefficient (Wildman–Crippen LogP) is 0.209. The van der Waals surface area contributed by atoms with E-state index in [-0.39, 0.29) is 34.1 Å². The number of aromatic nitrogens is 5. The number of nitrogen functional groups attached to an aromatic ring is 1. The first-order valence-corrected chi connectivity index (χ1v) is 13.5. The highest BCUT2D eigenvalue weighted by Gasteiger charge is 2.54. The number of rotatable bonds is 9. The summed E-state index contributed by atoms with van der Waals surface area (Å²) in [5.74, 6) is -1.77. The van der Waals surface area contributed by atoms with Crippen molar-refractivity contribution in [2.24, 2.45) is 5.16 Å². The molecular formula is C19H19N9O5S3. The number of carbonyl (C=O) groups is 3. The van der Waals surface area contributed by atoms with E-state index in [0.717, 1.165) is 24.2 Å². The number of hydrogen-bond donors (Lipinski definition) is 4. The number of carboxylic acid groups (broad SMARTS) is 1. The van der Waals surface area contributed by atoms with Gasteiger partial charge in [-0.05, 0) is 34.9 Å². The van der Waals surface area contributed by atoms with E-state index in [1.54, 1.807) is 5.38 Å². The van der Waals surface area contributed by atoms with Gasteiger partial charge in [0.25, 0.3) is 11.8 Å². The van der Waals surface area contributed by atoms with Gasteiger partial charge < -0.3 is 21.0 Å². The summed E-state index contributed by atoms with van der Waals surface area (Å²) in [5.41, 5.74) is 6.31. The molecule has 0 spiro atoms. The molecule has 36 heavy (non-hydrogen) atoms. The third-order valence-electron chi connectivity index (χ3n) is 5.47. The molecule has 5 rings (SSSR count). The largest absolute Gasteiger partial charge is 0.477 e. The number of thioether (sulfide) groups is 2. The van der Waals surface area contributed by atoms with Crippen LogP contribution in [-0.4, -0.2) is 88.1 Å². The van der Waals surface area contributed by atoms with E-state index in [0.29, 0.717) is 16.5 Å². The van der Waals surface area contributed by atoms with Crippen LogP contribution in [0.1, 0.15) is 18.5 Å². The zero-order chi connectivity index (χ0) is 25.2. The van der Waals surface area contributed by atoms with Gasteiger partial charge in [0, 0.05) is 16.9 Å². The molecule has 188 valence electrons. The zero-order valence-electron chi connectivity index (χ0n) is 18.4. The van der Waals surface area contributed by atoms with Gasteiger partial charge in [0.2, 0.25) is 5.16 Å². The van der Waals surface area contributed by atoms with E-state index >= 15 is 0 Å². The SMILES string of the molecule is Nc1nc(/C(=N/OC2C=CCC2)C(=O)NC2C(=O)N3C(C(=O)O)=C(CSc4nnn[nH]4)CS[C@H]23)cs1. The number of carbonyl (C=O) groups excluding carboxylic acids is 2. The number of allylic oxidation sites excluding steroid dienone is 1. The molecule has 2 aliphatic heterocycles. The molecule has 5 N–H and O–H groups in total. The summed E-state index contributed by atoms with van der Waals surface area (Å²) in [4.78, 5) is 49.0. The molecule has 0 bridgehead atoms. The minimum absolute atomic E-state index is 0.0910. The lowest BCUT2D eigenvalue weighted by molar-refractivity contribution is -0.150. The van der Waals surface area contributed by atoms with Crippen LogP contribution in [0.5, 0.6) is 0 Å². The maximum Gasteiger partial charge on any atom is 0.352 e. The first kappa shape index (κ1) is 24.3. The Morgan fingerprint density at radius 3 is 2.97 bits per heavy atom. The first-order chi connectivity index (χ1) is 17.4. The summed E-state index contributed by atoms with van der Waals surface area (Å²) in [6.45, 7) is 0. The molecule has 14 nitrogen and oxygen atoms in total. The minimum atomic E-state index is -1.22. The highest BCUT2D eigenvalue weighted by atomic mass is 32.2. The molecule has 1 saturated heterocycles. The molecule has 2 unspecified atom stereocenters. The Labute approximate surface area is 215 Å². The van der Waals surface area contributed by atoms with Crippen LogP contribution in [0.25, 0.3) is 0 Å². The van der Waals surface area contributed by atoms with Gasteiger partial charge in [0.15, 0.2) is 10.8 Å². The number of aromatic amines is 1. The van der Waals surface area contributed by atoms with Crippen LogP contribution in [-0.2, 0) is 19.2 Å². The second-order valence-electron chi connectivity index (χ2n) is 7.77. The van der Waals surface area contributed by atoms with Gasteiger partial charge in [0.05, 0.1) is 0 Å². The fourth-order valence-corrected chi connectivity index (χ4v) is 6.56. The van der Waals surface area contributed by atoms with Crippen LogP contribution in [0.15, 0.2) is 39.1 Å². The Balaban J connectivity index is 1.31. The van der Waals surface area contributed by atoms with Crippen molar-refractivity contribution in [1.29, 1.82) is 0 Å². The van der Waals surface area contributed by atoms with Gasteiger partial charge in [-0.2, -0.15) is 0 Å². The molecule has 3 atom stereocenters. The Morgan fingerprint density at radius 1 is 1.44 bits per heavy atom. The van der Waals surface area contributed by atoms with Crippen LogP contribution in [0.3, 0.4) is 0 Å². The van der Waals surface area contributed by atoms with E-state index in [2.05, 4.69) is 36.1 Å². The number of β-lactam (4-membered cyclic amide) rings is 1. The van der Waals surface area contributed by atoms with Gasteiger partial charge in [-0.3, -0.25) is 14.5 Å². The van der Waals surface area contributed by atoms with Gasteiger partial charge >= 0.3 is 5.97 Å². The third-order valence-corrected chi connectivity index (χ3v) is 8.43. The van der Waals surface area contributed by atoms with Crippen LogP contribution in [0, 0.1) is 0 Å². The molecule has 2 aromatic heterocycles. The molecule has 0 aromatic carbocycles. The fraction of sp³-hybridized carbons (Fsp3) is 0.368. The number of oxime groups is 1. The topological polar surface area (TPSA) is 202 Å². The van der Waals surface area contributed by atoms with Gasteiger partial charge in [-0.1, -0.05) is 23.0 Å². The van der Waals surface area contributed by atoms with E-state index in [1.165, 1.54) is 28.4 Å². The lowest BCUT2D eigenvalue weighted by atomic mass is 10.0. The van der Waals surface area contributed by atoms with Crippen LogP contribution in [0.4, 0.5) is 5.13 Å². The number of aliphatic carboxylic acids is 1. The molecule has 0 saturated carbocycles. The van der Waals surface area contributed by atoms with Gasteiger partial charge in [-0.25, -0.2) is 14.9 Å². The highest BCUT2D eigenvalue weighted by Crippen LogP contribution is 2.41. The first-order valence-electron chi connectivity index (χ1n) is 10.6. The Kier molecular flexibility index (Phi) is 6.92. The number of anilines is 1. The Morgan fingerprint density at radius 2 is 2.31 bits per heavy atom. The van der Waals surface area contributed by atoms with Crippen molar-refractivity contribution in [2.75, 3.05) is 17.2 Å². The lowest BCUT2D eigenvalue weighted by Crippen LogP contribution is -2.71. The molecule has 4 heterocycles. The molecule has 3 aliphatic rings. The zero-order valence-corrected chi connectivity index (χ0v) is 20.8. The number of nitrogens with one attached hydrogen (secondary N) is 2. The summed E-state index contributed by atoms with van der Waals surface area (Å²) in [7, 11) is 0. The third kappa shape index (κ3) is 4.80. The van der Waals surface area contributed by atoms with Crippen molar-refractivity contribution in [2.45, 2.75) is 35.5 Å². The summed E-state index contributed by atoms with van der Waals surface area (Å²) >= 11 is 3.73. The summed E-state index contributed by atoms with van der Waals surface area (Å²) < 4.78 is 0. The fourth-order valence-electron chi connectivity index (χ4n) is 3.78. The molecule has 2 amide bonds. The Bertz CT molecular complexity index is 1280. The quantitative estimate of drug-likeness (QED) is 0.109. The predicted molar refractivity (Wildman–Crippen MR) is 131 cm³/mol. The summed E-state index contributed by atoms with van der Waals surface area (Å²) in [6, 6.07) is -0.933. The number of nitrogens with zero attached hydrogens (tertiary/aromatic N) is 6. The minimum Gasteiger partial charge on any atom is -0.477 e. The van der Waals surface area contributed by atoms with Crippen molar-refractivity contribution in [3.63, 3.8) is 0 Å². The summed E-state index contributed by atoms with van der Waals surface area (Å²) in [5, 5.41) is 31.5. The molecule has 1 fully saturated rings. The van der Waals surface area contributed by atoms with Gasteiger partial charge in [-0.15, -0.1) is 28.2 Å². The van der Waals surface area contributed by atoms with E-state index in [4.69, 9.17) is 10.6 Å². The number of thiazole rings is 1. The maximum absolute atomic E-state index is 13.1. The number of tetrazole rings is 1. The van der Waals surface area contributed by atoms with E-state index in [1.807, 2.05) is 12.2 Å². The molecular weight excluding hydrogens is 530 g/mol. The van der Waals surface area contributed by atoms with Crippen molar-refractivity contribution >= 4 is 63.5 Å². The number of fused-ring (bicyclic) bond motifs is 1. The number of hydrogen-bond acceptors (Lipinski definition) is 13. The van der Waals surface area contributed by atoms with E-state index < -0.39 is 29.2 Å². The number of nitrogens with two attached hydrogens (primary N) is 1. The average molecular weight is 550 g/mol. The van der Waals surface area contributed by atoms with Crippen LogP contribution < -0.4 is 11.1 Å². The molecule has 1 aliphatic carbocycles. The second kappa shape index (κ2) is 10.3. The number of carboxylic acids is 1. The highest BCUT2D eigenvalue weighted by molar-refractivity contribution is 8.01. The lowest BCUT2D eigenvalue weighted by Gasteiger charge is -2.49. The van der Waals surface area contributed by atoms with Crippen LogP contribution >= 0.6 is 34.9 Å².